The molecule has 2 heterocycles. The van der Waals surface area contributed by atoms with E-state index in [1.54, 1.807) is 20.3 Å². The van der Waals surface area contributed by atoms with Crippen LogP contribution in [0.25, 0.3) is 0 Å². The number of hydrogen-bond acceptors (Lipinski definition) is 5. The van der Waals surface area contributed by atoms with E-state index in [1.165, 1.54) is 0 Å². The number of likely N-dealkylation sites (tertiary alicyclic amines) is 1. The molecule has 26 heavy (non-hydrogen) atoms. The molecule has 2 saturated heterocycles. The number of rotatable bonds is 4. The summed E-state index contributed by atoms with van der Waals surface area (Å²) in [4.78, 5) is 2.32. The van der Waals surface area contributed by atoms with Crippen molar-refractivity contribution in [1.82, 2.24) is 4.90 Å². The molecule has 1 aromatic carbocycles. The number of piperidine rings is 1. The van der Waals surface area contributed by atoms with Crippen molar-refractivity contribution >= 4 is 23.2 Å². The molecule has 0 saturated carbocycles. The van der Waals surface area contributed by atoms with Crippen LogP contribution in [0, 0.1) is 0 Å². The first-order chi connectivity index (χ1) is 12.3. The molecule has 0 amide bonds. The Morgan fingerprint density at radius 3 is 2.46 bits per heavy atom. The summed E-state index contributed by atoms with van der Waals surface area (Å²) >= 11 is 13.0. The minimum atomic E-state index is -0.629. The molecule has 5 nitrogen and oxygen atoms in total. The Balaban J connectivity index is 1.70. The fourth-order valence-electron chi connectivity index (χ4n) is 4.09. The van der Waals surface area contributed by atoms with Gasteiger partial charge in [0.05, 0.1) is 42.1 Å². The lowest BCUT2D eigenvalue weighted by atomic mass is 9.78. The Hall–Kier alpha value is -0.720. The third-order valence-electron chi connectivity index (χ3n) is 5.56. The van der Waals surface area contributed by atoms with Gasteiger partial charge in [-0.25, -0.2) is 0 Å². The smallest absolute Gasteiger partial charge is 0.179 e. The highest BCUT2D eigenvalue weighted by Gasteiger charge is 2.44. The van der Waals surface area contributed by atoms with Crippen LogP contribution in [0.2, 0.25) is 10.0 Å². The molecule has 0 aliphatic carbocycles. The van der Waals surface area contributed by atoms with Crippen LogP contribution in [0.1, 0.15) is 38.2 Å². The summed E-state index contributed by atoms with van der Waals surface area (Å²) in [5.41, 5.74) is 0.0123. The molecule has 0 aromatic heterocycles. The second-order valence-electron chi connectivity index (χ2n) is 7.62. The summed E-state index contributed by atoms with van der Waals surface area (Å²) < 4.78 is 16.8. The number of ether oxygens (including phenoxy) is 3. The van der Waals surface area contributed by atoms with Gasteiger partial charge in [-0.15, -0.1) is 0 Å². The van der Waals surface area contributed by atoms with Gasteiger partial charge >= 0.3 is 0 Å². The predicted molar refractivity (Wildman–Crippen MR) is 103 cm³/mol. The van der Waals surface area contributed by atoms with Gasteiger partial charge in [0.25, 0.3) is 0 Å². The zero-order valence-corrected chi connectivity index (χ0v) is 17.1. The van der Waals surface area contributed by atoms with Crippen molar-refractivity contribution in [2.45, 2.75) is 50.4 Å². The van der Waals surface area contributed by atoms with Crippen LogP contribution in [0.15, 0.2) is 6.07 Å². The van der Waals surface area contributed by atoms with Gasteiger partial charge in [0.2, 0.25) is 0 Å². The van der Waals surface area contributed by atoms with Crippen LogP contribution in [-0.2, 0) is 11.3 Å². The molecule has 1 N–H and O–H groups in total. The van der Waals surface area contributed by atoms with Gasteiger partial charge in [-0.2, -0.15) is 0 Å². The Labute approximate surface area is 165 Å². The van der Waals surface area contributed by atoms with Gasteiger partial charge < -0.3 is 19.3 Å². The maximum absolute atomic E-state index is 10.4. The van der Waals surface area contributed by atoms with Crippen molar-refractivity contribution in [2.24, 2.45) is 0 Å². The summed E-state index contributed by atoms with van der Waals surface area (Å²) in [6, 6.07) is 1.74. The Morgan fingerprint density at radius 2 is 1.88 bits per heavy atom. The van der Waals surface area contributed by atoms with Crippen molar-refractivity contribution in [1.29, 1.82) is 0 Å². The lowest BCUT2D eigenvalue weighted by Crippen LogP contribution is -2.53. The minimum absolute atomic E-state index is 0.205. The molecule has 2 aliphatic rings. The third kappa shape index (κ3) is 4.07. The van der Waals surface area contributed by atoms with Gasteiger partial charge in [0.15, 0.2) is 11.5 Å². The number of methoxy groups -OCH3 is 2. The van der Waals surface area contributed by atoms with Crippen LogP contribution < -0.4 is 9.47 Å². The van der Waals surface area contributed by atoms with E-state index in [4.69, 9.17) is 37.4 Å². The zero-order chi connectivity index (χ0) is 18.9. The number of hydrogen-bond donors (Lipinski definition) is 1. The predicted octanol–water partition coefficient (Wildman–Crippen LogP) is 3.91. The largest absolute Gasteiger partial charge is 0.493 e. The molecule has 7 heteroatoms. The van der Waals surface area contributed by atoms with E-state index >= 15 is 0 Å². The molecule has 0 bridgehead atoms. The van der Waals surface area contributed by atoms with E-state index in [1.807, 2.05) is 6.92 Å². The van der Waals surface area contributed by atoms with Crippen molar-refractivity contribution in [3.05, 3.63) is 21.7 Å². The maximum Gasteiger partial charge on any atom is 0.179 e. The molecule has 1 unspecified atom stereocenters. The van der Waals surface area contributed by atoms with Gasteiger partial charge in [0.1, 0.15) is 0 Å². The molecular weight excluding hydrogens is 377 g/mol. The molecule has 0 radical (unpaired) electrons. The first-order valence-electron chi connectivity index (χ1n) is 8.97. The first-order valence-corrected chi connectivity index (χ1v) is 9.72. The van der Waals surface area contributed by atoms with Crippen LogP contribution in [0.3, 0.4) is 0 Å². The van der Waals surface area contributed by atoms with E-state index < -0.39 is 5.60 Å². The van der Waals surface area contributed by atoms with Crippen LogP contribution >= 0.6 is 23.2 Å². The van der Waals surface area contributed by atoms with Gasteiger partial charge in [0, 0.05) is 37.7 Å². The van der Waals surface area contributed by atoms with Crippen LogP contribution in [0.4, 0.5) is 0 Å². The maximum atomic E-state index is 10.4. The Morgan fingerprint density at radius 1 is 1.19 bits per heavy atom. The highest BCUT2D eigenvalue weighted by molar-refractivity contribution is 6.37. The van der Waals surface area contributed by atoms with E-state index in [2.05, 4.69) is 4.90 Å². The Kier molecular flexibility index (Phi) is 5.95. The fourth-order valence-corrected chi connectivity index (χ4v) is 4.72. The molecule has 2 fully saturated rings. The highest BCUT2D eigenvalue weighted by atomic mass is 35.5. The summed E-state index contributed by atoms with van der Waals surface area (Å²) in [5.74, 6) is 1.04. The summed E-state index contributed by atoms with van der Waals surface area (Å²) in [5, 5.41) is 11.5. The topological polar surface area (TPSA) is 51.2 Å². The van der Waals surface area contributed by atoms with Crippen molar-refractivity contribution in [2.75, 3.05) is 33.9 Å². The molecular formula is C19H27Cl2NO4. The van der Waals surface area contributed by atoms with Crippen molar-refractivity contribution < 1.29 is 19.3 Å². The molecule has 1 spiro atoms. The second-order valence-corrected chi connectivity index (χ2v) is 8.40. The normalized spacial score (nSPS) is 26.1. The lowest BCUT2D eigenvalue weighted by molar-refractivity contribution is -0.173. The van der Waals surface area contributed by atoms with Gasteiger partial charge in [-0.3, -0.25) is 4.90 Å². The highest BCUT2D eigenvalue weighted by Crippen LogP contribution is 2.43. The lowest BCUT2D eigenvalue weighted by Gasteiger charge is -2.48. The second kappa shape index (κ2) is 7.72. The number of aliphatic hydroxyl groups is 1. The summed E-state index contributed by atoms with van der Waals surface area (Å²) in [6.45, 7) is 4.92. The zero-order valence-electron chi connectivity index (χ0n) is 15.6. The molecule has 3 rings (SSSR count). The molecule has 2 aliphatic heterocycles. The first kappa shape index (κ1) is 20.0. The Bertz CT molecular complexity index is 657. The number of nitrogens with zero attached hydrogens (tertiary/aromatic N) is 1. The summed E-state index contributed by atoms with van der Waals surface area (Å²) in [7, 11) is 3.13. The average molecular weight is 404 g/mol. The fraction of sp³-hybridized carbons (Fsp3) is 0.684. The van der Waals surface area contributed by atoms with Crippen LogP contribution in [0.5, 0.6) is 11.5 Å². The molecule has 1 atom stereocenters. The van der Waals surface area contributed by atoms with E-state index in [0.29, 0.717) is 47.5 Å². The quantitative estimate of drug-likeness (QED) is 0.825. The van der Waals surface area contributed by atoms with Crippen molar-refractivity contribution in [3.8, 4) is 11.5 Å². The SMILES string of the molecule is COc1cc(Cl)c(CN2CCC3(CC2)CC(C)(O)CCO3)c(Cl)c1OC. The summed E-state index contributed by atoms with van der Waals surface area (Å²) in [6.07, 6.45) is 3.19. The van der Waals surface area contributed by atoms with Gasteiger partial charge in [-0.05, 0) is 26.2 Å². The molecule has 1 aromatic rings. The van der Waals surface area contributed by atoms with E-state index in [9.17, 15) is 5.11 Å². The number of benzene rings is 1. The van der Waals surface area contributed by atoms with Gasteiger partial charge in [-0.1, -0.05) is 23.2 Å². The van der Waals surface area contributed by atoms with E-state index in [0.717, 1.165) is 31.5 Å². The van der Waals surface area contributed by atoms with Crippen molar-refractivity contribution in [3.63, 3.8) is 0 Å². The standard InChI is InChI=1S/C19H27Cl2NO4/c1-18(23)6-9-26-19(12-18)4-7-22(8-5-19)11-13-14(20)10-15(24-2)17(25-3)16(13)21/h10,23H,4-9,11-12H2,1-3H3. The average Bonchev–Trinajstić information content (AvgIpc) is 2.59. The monoisotopic (exact) mass is 403 g/mol. The number of halogens is 2. The van der Waals surface area contributed by atoms with Crippen LogP contribution in [-0.4, -0.2) is 55.1 Å². The minimum Gasteiger partial charge on any atom is -0.493 e. The molecule has 146 valence electrons. The third-order valence-corrected chi connectivity index (χ3v) is 6.30. The van der Waals surface area contributed by atoms with E-state index in [-0.39, 0.29) is 5.60 Å².